The molecule has 4 unspecified atom stereocenters. The molecule has 0 aromatic heterocycles. The number of hydrogen-bond donors (Lipinski definition) is 1. The van der Waals surface area contributed by atoms with Gasteiger partial charge >= 0.3 is 0 Å². The Morgan fingerprint density at radius 3 is 2.77 bits per heavy atom. The first kappa shape index (κ1) is 15.0. The zero-order valence-electron chi connectivity index (χ0n) is 14.1. The van der Waals surface area contributed by atoms with Crippen molar-refractivity contribution in [2.24, 2.45) is 23.7 Å². The number of carbonyl (C=O) groups is 1. The molecule has 0 radical (unpaired) electrons. The lowest BCUT2D eigenvalue weighted by atomic mass is 9.83. The summed E-state index contributed by atoms with van der Waals surface area (Å²) >= 11 is 0. The van der Waals surface area contributed by atoms with Crippen molar-refractivity contribution < 1.29 is 4.79 Å². The van der Waals surface area contributed by atoms with Gasteiger partial charge in [0.25, 0.3) is 0 Å². The zero-order valence-corrected chi connectivity index (χ0v) is 14.1. The van der Waals surface area contributed by atoms with E-state index in [4.69, 9.17) is 0 Å². The summed E-state index contributed by atoms with van der Waals surface area (Å²) in [6.07, 6.45) is 11.8. The first-order chi connectivity index (χ1) is 10.7. The molecule has 4 aliphatic rings. The molecule has 6 atom stereocenters. The fraction of sp³-hybridized carbons (Fsp3) is 0.947. The minimum absolute atomic E-state index is 0.289. The molecule has 124 valence electrons. The number of piperidine rings is 1. The summed E-state index contributed by atoms with van der Waals surface area (Å²) in [5.41, 5.74) is 0. The van der Waals surface area contributed by atoms with Crippen LogP contribution in [0.1, 0.15) is 64.7 Å². The molecule has 2 aliphatic carbocycles. The van der Waals surface area contributed by atoms with Crippen LogP contribution < -0.4 is 5.32 Å². The molecule has 1 N–H and O–H groups in total. The number of carbonyl (C=O) groups excluding carboxylic acids is 1. The molecule has 2 aliphatic heterocycles. The number of hydrogen-bond acceptors (Lipinski definition) is 2. The molecule has 0 aromatic carbocycles. The van der Waals surface area contributed by atoms with Crippen LogP contribution in [0.2, 0.25) is 0 Å². The van der Waals surface area contributed by atoms with Crippen LogP contribution in [-0.4, -0.2) is 36.0 Å². The van der Waals surface area contributed by atoms with Crippen LogP contribution in [0.5, 0.6) is 0 Å². The van der Waals surface area contributed by atoms with Crippen molar-refractivity contribution in [2.45, 2.75) is 76.8 Å². The third-order valence-corrected chi connectivity index (χ3v) is 7.09. The number of nitrogens with zero attached hydrogens (tertiary/aromatic N) is 1. The Morgan fingerprint density at radius 1 is 1.14 bits per heavy atom. The molecule has 3 heteroatoms. The molecule has 2 saturated carbocycles. The molecular formula is C19H32N2O. The molecule has 4 fully saturated rings. The molecule has 2 bridgehead atoms. The smallest absolute Gasteiger partial charge is 0.226 e. The second kappa shape index (κ2) is 6.14. The van der Waals surface area contributed by atoms with Gasteiger partial charge in [0, 0.05) is 24.5 Å². The van der Waals surface area contributed by atoms with E-state index in [-0.39, 0.29) is 5.92 Å². The standard InChI is InChI=1S/C19H32N2O/c1-13-9-16(6-7-20-13)19(22)21-8-2-3-18(21)12-17-11-14-4-5-15(17)10-14/h13-18,20H,2-12H2,1H3/t13-,14?,15?,16-,17?,18?/m0/s1. The Morgan fingerprint density at radius 2 is 2.05 bits per heavy atom. The SMILES string of the molecule is C[C@H]1C[C@@H](C(=O)N2CCCC2CC2CC3CCC2C3)CCN1. The second-order valence-electron chi connectivity index (χ2n) is 8.57. The maximum Gasteiger partial charge on any atom is 0.226 e. The van der Waals surface area contributed by atoms with Gasteiger partial charge in [0.2, 0.25) is 5.91 Å². The van der Waals surface area contributed by atoms with Gasteiger partial charge in [-0.15, -0.1) is 0 Å². The molecule has 2 saturated heterocycles. The Balaban J connectivity index is 1.37. The Labute approximate surface area is 135 Å². The van der Waals surface area contributed by atoms with Gasteiger partial charge in [-0.1, -0.05) is 6.42 Å². The molecule has 4 rings (SSSR count). The highest BCUT2D eigenvalue weighted by molar-refractivity contribution is 5.79. The molecule has 2 heterocycles. The topological polar surface area (TPSA) is 32.3 Å². The summed E-state index contributed by atoms with van der Waals surface area (Å²) in [6, 6.07) is 1.08. The highest BCUT2D eigenvalue weighted by Crippen LogP contribution is 2.50. The third kappa shape index (κ3) is 2.81. The molecule has 22 heavy (non-hydrogen) atoms. The maximum absolute atomic E-state index is 13.0. The average Bonchev–Trinajstić information content (AvgIpc) is 3.23. The number of fused-ring (bicyclic) bond motifs is 2. The van der Waals surface area contributed by atoms with E-state index in [0.29, 0.717) is 18.0 Å². The third-order valence-electron chi connectivity index (χ3n) is 7.09. The minimum atomic E-state index is 0.289. The lowest BCUT2D eigenvalue weighted by Crippen LogP contribution is -2.46. The minimum Gasteiger partial charge on any atom is -0.339 e. The number of nitrogens with one attached hydrogen (secondary N) is 1. The highest BCUT2D eigenvalue weighted by Gasteiger charge is 2.42. The maximum atomic E-state index is 13.0. The molecule has 3 nitrogen and oxygen atoms in total. The number of amides is 1. The quantitative estimate of drug-likeness (QED) is 0.868. The number of rotatable bonds is 3. The van der Waals surface area contributed by atoms with E-state index in [2.05, 4.69) is 17.1 Å². The summed E-state index contributed by atoms with van der Waals surface area (Å²) in [7, 11) is 0. The van der Waals surface area contributed by atoms with Crippen molar-refractivity contribution in [1.82, 2.24) is 10.2 Å². The van der Waals surface area contributed by atoms with Crippen LogP contribution in [0.4, 0.5) is 0 Å². The van der Waals surface area contributed by atoms with Crippen LogP contribution in [0.3, 0.4) is 0 Å². The normalized spacial score (nSPS) is 44.7. The van der Waals surface area contributed by atoms with Crippen LogP contribution in [0, 0.1) is 23.7 Å². The molecule has 1 amide bonds. The van der Waals surface area contributed by atoms with E-state index < -0.39 is 0 Å². The Bertz CT molecular complexity index is 424. The zero-order chi connectivity index (χ0) is 15.1. The summed E-state index contributed by atoms with van der Waals surface area (Å²) in [5.74, 6) is 3.74. The van der Waals surface area contributed by atoms with Crippen LogP contribution in [0.15, 0.2) is 0 Å². The van der Waals surface area contributed by atoms with Gasteiger partial charge in [-0.05, 0) is 82.6 Å². The van der Waals surface area contributed by atoms with Crippen LogP contribution >= 0.6 is 0 Å². The second-order valence-corrected chi connectivity index (χ2v) is 8.57. The van der Waals surface area contributed by atoms with Crippen LogP contribution in [0.25, 0.3) is 0 Å². The first-order valence-electron chi connectivity index (χ1n) is 9.74. The summed E-state index contributed by atoms with van der Waals surface area (Å²) in [6.45, 7) is 4.27. The van der Waals surface area contributed by atoms with Gasteiger partial charge in [-0.3, -0.25) is 4.79 Å². The van der Waals surface area contributed by atoms with Crippen molar-refractivity contribution in [2.75, 3.05) is 13.1 Å². The lowest BCUT2D eigenvalue weighted by molar-refractivity contribution is -0.137. The predicted molar refractivity (Wildman–Crippen MR) is 88.5 cm³/mol. The monoisotopic (exact) mass is 304 g/mol. The van der Waals surface area contributed by atoms with E-state index in [1.807, 2.05) is 0 Å². The van der Waals surface area contributed by atoms with Gasteiger partial charge < -0.3 is 10.2 Å². The van der Waals surface area contributed by atoms with Crippen molar-refractivity contribution >= 4 is 5.91 Å². The van der Waals surface area contributed by atoms with E-state index in [1.54, 1.807) is 0 Å². The Hall–Kier alpha value is -0.570. The van der Waals surface area contributed by atoms with Crippen molar-refractivity contribution in [3.63, 3.8) is 0 Å². The summed E-state index contributed by atoms with van der Waals surface area (Å²) < 4.78 is 0. The lowest BCUT2D eigenvalue weighted by Gasteiger charge is -2.35. The molecule has 0 spiro atoms. The van der Waals surface area contributed by atoms with Gasteiger partial charge in [0.15, 0.2) is 0 Å². The van der Waals surface area contributed by atoms with E-state index in [9.17, 15) is 4.79 Å². The van der Waals surface area contributed by atoms with Gasteiger partial charge in [-0.25, -0.2) is 0 Å². The molecular weight excluding hydrogens is 272 g/mol. The van der Waals surface area contributed by atoms with Gasteiger partial charge in [0.05, 0.1) is 0 Å². The van der Waals surface area contributed by atoms with E-state index in [0.717, 1.165) is 43.7 Å². The first-order valence-corrected chi connectivity index (χ1v) is 9.74. The average molecular weight is 304 g/mol. The fourth-order valence-electron chi connectivity index (χ4n) is 5.98. The van der Waals surface area contributed by atoms with Gasteiger partial charge in [-0.2, -0.15) is 0 Å². The van der Waals surface area contributed by atoms with Crippen molar-refractivity contribution in [1.29, 1.82) is 0 Å². The highest BCUT2D eigenvalue weighted by atomic mass is 16.2. The van der Waals surface area contributed by atoms with Gasteiger partial charge in [0.1, 0.15) is 0 Å². The number of likely N-dealkylation sites (tertiary alicyclic amines) is 1. The summed E-state index contributed by atoms with van der Waals surface area (Å²) in [5, 5.41) is 3.47. The van der Waals surface area contributed by atoms with Crippen LogP contribution in [-0.2, 0) is 4.79 Å². The molecule has 0 aromatic rings. The van der Waals surface area contributed by atoms with Crippen molar-refractivity contribution in [3.05, 3.63) is 0 Å². The predicted octanol–water partition coefficient (Wildman–Crippen LogP) is 3.19. The summed E-state index contributed by atoms with van der Waals surface area (Å²) in [4.78, 5) is 15.3. The fourth-order valence-corrected chi connectivity index (χ4v) is 5.98. The van der Waals surface area contributed by atoms with E-state index >= 15 is 0 Å². The van der Waals surface area contributed by atoms with Crippen molar-refractivity contribution in [3.8, 4) is 0 Å². The van der Waals surface area contributed by atoms with E-state index in [1.165, 1.54) is 44.9 Å². The largest absolute Gasteiger partial charge is 0.339 e. The Kier molecular flexibility index (Phi) is 4.19.